The highest BCUT2D eigenvalue weighted by Gasteiger charge is 2.49. The number of carbonyl (C=O) groups is 1. The molecule has 4 aromatic rings. The number of pyridine rings is 2. The molecule has 5 rings (SSSR count). The first kappa shape index (κ1) is 14.1. The first-order chi connectivity index (χ1) is 12.3. The van der Waals surface area contributed by atoms with Gasteiger partial charge >= 0.3 is 0 Å². The second-order valence-electron chi connectivity index (χ2n) is 6.26. The zero-order chi connectivity index (χ0) is 16.9. The van der Waals surface area contributed by atoms with Gasteiger partial charge in [0.2, 0.25) is 0 Å². The van der Waals surface area contributed by atoms with Crippen LogP contribution in [0.2, 0.25) is 0 Å². The Hall–Kier alpha value is -3.33. The maximum atomic E-state index is 13.8. The first-order valence-corrected chi connectivity index (χ1v) is 8.21. The molecule has 0 aliphatic heterocycles. The van der Waals surface area contributed by atoms with Crippen LogP contribution in [0, 0.1) is 0 Å². The lowest BCUT2D eigenvalue weighted by molar-refractivity contribution is 0.0945. The predicted molar refractivity (Wildman–Crippen MR) is 96.6 cm³/mol. The molecular formula is C22H14N2O. The Kier molecular flexibility index (Phi) is 2.86. The summed E-state index contributed by atoms with van der Waals surface area (Å²) in [5, 5.41) is 2.14. The number of hydrogen-bond donors (Lipinski definition) is 0. The molecule has 1 aliphatic rings. The van der Waals surface area contributed by atoms with Crippen molar-refractivity contribution in [2.45, 2.75) is 5.41 Å². The van der Waals surface area contributed by atoms with E-state index in [4.69, 9.17) is 0 Å². The van der Waals surface area contributed by atoms with Gasteiger partial charge in [-0.05, 0) is 51.7 Å². The van der Waals surface area contributed by atoms with Crippen LogP contribution in [0.15, 0.2) is 85.5 Å². The van der Waals surface area contributed by atoms with Crippen LogP contribution in [0.5, 0.6) is 0 Å². The molecule has 0 fully saturated rings. The molecule has 1 aliphatic carbocycles. The van der Waals surface area contributed by atoms with Gasteiger partial charge in [0.15, 0.2) is 5.78 Å². The topological polar surface area (TPSA) is 42.9 Å². The van der Waals surface area contributed by atoms with Crippen molar-refractivity contribution in [3.63, 3.8) is 0 Å². The molecule has 3 heteroatoms. The highest BCUT2D eigenvalue weighted by Crippen LogP contribution is 2.50. The molecule has 0 saturated carbocycles. The molecule has 0 radical (unpaired) electrons. The standard InChI is InChI=1S/C22H14N2O/c25-21-18-5-1-3-15-4-2-6-19(20(15)18)22(21,16-7-11-23-12-8-16)17-9-13-24-14-10-17/h1-14H. The molecule has 3 nitrogen and oxygen atoms in total. The third-order valence-corrected chi connectivity index (χ3v) is 5.12. The molecule has 0 amide bonds. The molecule has 2 heterocycles. The second-order valence-corrected chi connectivity index (χ2v) is 6.26. The smallest absolute Gasteiger partial charge is 0.182 e. The van der Waals surface area contributed by atoms with E-state index in [1.165, 1.54) is 0 Å². The Morgan fingerprint density at radius 3 is 1.84 bits per heavy atom. The third kappa shape index (κ3) is 1.72. The van der Waals surface area contributed by atoms with Crippen LogP contribution in [0.3, 0.4) is 0 Å². The van der Waals surface area contributed by atoms with Crippen LogP contribution in [0.1, 0.15) is 27.0 Å². The number of hydrogen-bond acceptors (Lipinski definition) is 3. The van der Waals surface area contributed by atoms with Crippen LogP contribution >= 0.6 is 0 Å². The van der Waals surface area contributed by atoms with Gasteiger partial charge in [0, 0.05) is 30.4 Å². The van der Waals surface area contributed by atoms with Crippen molar-refractivity contribution in [2.24, 2.45) is 0 Å². The van der Waals surface area contributed by atoms with Gasteiger partial charge < -0.3 is 0 Å². The van der Waals surface area contributed by atoms with Gasteiger partial charge in [0.25, 0.3) is 0 Å². The Bertz CT molecular complexity index is 1060. The minimum absolute atomic E-state index is 0.108. The lowest BCUT2D eigenvalue weighted by Crippen LogP contribution is -2.35. The van der Waals surface area contributed by atoms with E-state index in [2.05, 4.69) is 28.2 Å². The largest absolute Gasteiger partial charge is 0.292 e. The zero-order valence-corrected chi connectivity index (χ0v) is 13.4. The van der Waals surface area contributed by atoms with Crippen LogP contribution in [-0.2, 0) is 5.41 Å². The molecule has 2 aromatic carbocycles. The van der Waals surface area contributed by atoms with E-state index in [0.717, 1.165) is 33.0 Å². The molecule has 2 aromatic heterocycles. The molecule has 0 saturated heterocycles. The second kappa shape index (κ2) is 5.08. The lowest BCUT2D eigenvalue weighted by atomic mass is 9.69. The van der Waals surface area contributed by atoms with Crippen molar-refractivity contribution in [1.82, 2.24) is 9.97 Å². The summed E-state index contributed by atoms with van der Waals surface area (Å²) in [7, 11) is 0. The summed E-state index contributed by atoms with van der Waals surface area (Å²) in [5.74, 6) is 0.108. The minimum atomic E-state index is -0.852. The molecular weight excluding hydrogens is 308 g/mol. The predicted octanol–water partition coefficient (Wildman–Crippen LogP) is 4.16. The first-order valence-electron chi connectivity index (χ1n) is 8.21. The summed E-state index contributed by atoms with van der Waals surface area (Å²) < 4.78 is 0. The molecule has 118 valence electrons. The molecule has 0 unspecified atom stereocenters. The van der Waals surface area contributed by atoms with Crippen molar-refractivity contribution >= 4 is 16.6 Å². The molecule has 0 spiro atoms. The van der Waals surface area contributed by atoms with E-state index < -0.39 is 5.41 Å². The van der Waals surface area contributed by atoms with Gasteiger partial charge in [0.05, 0.1) is 0 Å². The van der Waals surface area contributed by atoms with E-state index in [1.54, 1.807) is 24.8 Å². The van der Waals surface area contributed by atoms with E-state index >= 15 is 0 Å². The Balaban J connectivity index is 1.97. The number of aromatic nitrogens is 2. The Morgan fingerprint density at radius 1 is 0.680 bits per heavy atom. The summed E-state index contributed by atoms with van der Waals surface area (Å²) in [5.41, 5.74) is 2.82. The summed E-state index contributed by atoms with van der Waals surface area (Å²) in [4.78, 5) is 22.0. The van der Waals surface area contributed by atoms with Gasteiger partial charge in [-0.25, -0.2) is 0 Å². The van der Waals surface area contributed by atoms with Crippen LogP contribution in [-0.4, -0.2) is 15.8 Å². The van der Waals surface area contributed by atoms with E-state index in [0.29, 0.717) is 0 Å². The lowest BCUT2D eigenvalue weighted by Gasteiger charge is -2.30. The highest BCUT2D eigenvalue weighted by atomic mass is 16.1. The number of Topliss-reactive ketones (excluding diaryl/α,β-unsaturated/α-hetero) is 1. The number of ketones is 1. The summed E-state index contributed by atoms with van der Waals surface area (Å²) >= 11 is 0. The van der Waals surface area contributed by atoms with Gasteiger partial charge in [-0.1, -0.05) is 36.4 Å². The average Bonchev–Trinajstić information content (AvgIpc) is 2.95. The summed E-state index contributed by atoms with van der Waals surface area (Å²) in [6.07, 6.45) is 6.98. The fourth-order valence-electron chi connectivity index (χ4n) is 4.11. The van der Waals surface area contributed by atoms with Gasteiger partial charge in [-0.2, -0.15) is 0 Å². The minimum Gasteiger partial charge on any atom is -0.292 e. The van der Waals surface area contributed by atoms with Crippen molar-refractivity contribution in [1.29, 1.82) is 0 Å². The molecule has 0 N–H and O–H groups in total. The quantitative estimate of drug-likeness (QED) is 0.556. The van der Waals surface area contributed by atoms with Crippen molar-refractivity contribution in [2.75, 3.05) is 0 Å². The third-order valence-electron chi connectivity index (χ3n) is 5.12. The summed E-state index contributed by atoms with van der Waals surface area (Å²) in [6.45, 7) is 0. The van der Waals surface area contributed by atoms with Crippen LogP contribution in [0.4, 0.5) is 0 Å². The van der Waals surface area contributed by atoms with Crippen LogP contribution in [0.25, 0.3) is 10.8 Å². The summed E-state index contributed by atoms with van der Waals surface area (Å²) in [6, 6.07) is 19.8. The average molecular weight is 322 g/mol. The monoisotopic (exact) mass is 322 g/mol. The maximum Gasteiger partial charge on any atom is 0.182 e. The molecule has 0 atom stereocenters. The van der Waals surface area contributed by atoms with Crippen molar-refractivity contribution in [3.8, 4) is 0 Å². The van der Waals surface area contributed by atoms with Gasteiger partial charge in [-0.3, -0.25) is 14.8 Å². The SMILES string of the molecule is O=C1c2cccc3cccc(c23)C1(c1ccncc1)c1ccncc1. The fraction of sp³-hybridized carbons (Fsp3) is 0.0455. The normalized spacial score (nSPS) is 14.8. The zero-order valence-electron chi connectivity index (χ0n) is 13.4. The Morgan fingerprint density at radius 2 is 1.24 bits per heavy atom. The number of benzene rings is 2. The number of nitrogens with zero attached hydrogens (tertiary/aromatic N) is 2. The van der Waals surface area contributed by atoms with Crippen molar-refractivity contribution in [3.05, 3.63) is 108 Å². The van der Waals surface area contributed by atoms with E-state index in [9.17, 15) is 4.79 Å². The molecule has 25 heavy (non-hydrogen) atoms. The maximum absolute atomic E-state index is 13.8. The fourth-order valence-corrected chi connectivity index (χ4v) is 4.11. The van der Waals surface area contributed by atoms with Crippen molar-refractivity contribution < 1.29 is 4.79 Å². The highest BCUT2D eigenvalue weighted by molar-refractivity contribution is 6.23. The van der Waals surface area contributed by atoms with Gasteiger partial charge in [0.1, 0.15) is 5.41 Å². The molecule has 0 bridgehead atoms. The Labute approximate surface area is 145 Å². The van der Waals surface area contributed by atoms with E-state index in [1.807, 2.05) is 42.5 Å². The number of carbonyl (C=O) groups excluding carboxylic acids is 1. The van der Waals surface area contributed by atoms with Gasteiger partial charge in [-0.15, -0.1) is 0 Å². The van der Waals surface area contributed by atoms with E-state index in [-0.39, 0.29) is 5.78 Å². The number of rotatable bonds is 2. The van der Waals surface area contributed by atoms with Crippen LogP contribution < -0.4 is 0 Å².